The monoisotopic (exact) mass is 456 g/mol. The van der Waals surface area contributed by atoms with Crippen LogP contribution in [0.1, 0.15) is 44.0 Å². The summed E-state index contributed by atoms with van der Waals surface area (Å²) in [4.78, 5) is 23.7. The molecule has 1 aromatic carbocycles. The van der Waals surface area contributed by atoms with Gasteiger partial charge in [0.15, 0.2) is 5.78 Å². The van der Waals surface area contributed by atoms with Gasteiger partial charge in [-0.15, -0.1) is 0 Å². The van der Waals surface area contributed by atoms with Crippen molar-refractivity contribution < 1.29 is 27.9 Å². The summed E-state index contributed by atoms with van der Waals surface area (Å²) in [5.41, 5.74) is -0.458. The third-order valence-corrected chi connectivity index (χ3v) is 7.11. The van der Waals surface area contributed by atoms with Gasteiger partial charge in [0, 0.05) is 18.8 Å². The van der Waals surface area contributed by atoms with Crippen LogP contribution in [0.5, 0.6) is 0 Å². The van der Waals surface area contributed by atoms with Crippen molar-refractivity contribution in [2.75, 3.05) is 19.7 Å². The Morgan fingerprint density at radius 1 is 1.33 bits per heavy atom. The van der Waals surface area contributed by atoms with E-state index in [-0.39, 0.29) is 32.7 Å². The van der Waals surface area contributed by atoms with Crippen LogP contribution in [-0.4, -0.2) is 55.0 Å². The minimum atomic E-state index is -3.89. The predicted molar refractivity (Wildman–Crippen MR) is 113 cm³/mol. The summed E-state index contributed by atoms with van der Waals surface area (Å²) >= 11 is 6.11. The van der Waals surface area contributed by atoms with Crippen LogP contribution in [0.2, 0.25) is 5.02 Å². The van der Waals surface area contributed by atoms with Gasteiger partial charge in [0.05, 0.1) is 16.2 Å². The zero-order valence-corrected chi connectivity index (χ0v) is 18.6. The number of nitrogens with zero attached hydrogens (tertiary/aromatic N) is 1. The van der Waals surface area contributed by atoms with Crippen LogP contribution in [0.3, 0.4) is 0 Å². The summed E-state index contributed by atoms with van der Waals surface area (Å²) in [6.45, 7) is 4.62. The second-order valence-corrected chi connectivity index (χ2v) is 9.65. The molecule has 2 N–H and O–H groups in total. The molecule has 1 aromatic rings. The van der Waals surface area contributed by atoms with Crippen LogP contribution in [0, 0.1) is 11.3 Å². The van der Waals surface area contributed by atoms with E-state index in [1.807, 2.05) is 6.92 Å². The van der Waals surface area contributed by atoms with Gasteiger partial charge in [-0.05, 0) is 50.8 Å². The molecule has 0 radical (unpaired) electrons. The molecule has 0 amide bonds. The summed E-state index contributed by atoms with van der Waals surface area (Å²) < 4.78 is 32.4. The SMILES string of the molecule is CC(=N)/C(C(C)=O)=C(/O)COC(=O)c1ccc(Cl)c(S(=O)(=O)N2CCCC(C)C2)c1. The highest BCUT2D eigenvalue weighted by molar-refractivity contribution is 7.89. The first kappa shape index (κ1) is 24.0. The molecule has 8 nitrogen and oxygen atoms in total. The van der Waals surface area contributed by atoms with Crippen LogP contribution < -0.4 is 0 Å². The molecule has 164 valence electrons. The number of ketones is 1. The van der Waals surface area contributed by atoms with Gasteiger partial charge in [0.25, 0.3) is 0 Å². The number of carbonyl (C=O) groups is 2. The molecule has 0 aliphatic carbocycles. The molecule has 0 aromatic heterocycles. The fraction of sp³-hybridized carbons (Fsp3) is 0.450. The van der Waals surface area contributed by atoms with Gasteiger partial charge >= 0.3 is 5.97 Å². The van der Waals surface area contributed by atoms with Crippen molar-refractivity contribution in [3.63, 3.8) is 0 Å². The summed E-state index contributed by atoms with van der Waals surface area (Å²) in [6.07, 6.45) is 1.69. The molecule has 1 aliphatic rings. The number of rotatable bonds is 7. The lowest BCUT2D eigenvalue weighted by Gasteiger charge is -2.30. The lowest BCUT2D eigenvalue weighted by atomic mass is 10.0. The molecule has 1 saturated heterocycles. The number of piperidine rings is 1. The van der Waals surface area contributed by atoms with Crippen LogP contribution in [0.25, 0.3) is 0 Å². The number of aliphatic hydroxyl groups excluding tert-OH is 1. The van der Waals surface area contributed by atoms with E-state index in [2.05, 4.69) is 0 Å². The number of esters is 1. The average Bonchev–Trinajstić information content (AvgIpc) is 2.65. The summed E-state index contributed by atoms with van der Waals surface area (Å²) in [5.74, 6) is -1.76. The van der Waals surface area contributed by atoms with E-state index in [9.17, 15) is 23.1 Å². The number of hydrogen-bond acceptors (Lipinski definition) is 7. The zero-order chi connectivity index (χ0) is 22.6. The molecule has 2 rings (SSSR count). The van der Waals surface area contributed by atoms with Crippen molar-refractivity contribution in [1.82, 2.24) is 4.31 Å². The van der Waals surface area contributed by atoms with Gasteiger partial charge in [-0.3, -0.25) is 4.79 Å². The topological polar surface area (TPSA) is 125 Å². The Morgan fingerprint density at radius 3 is 2.57 bits per heavy atom. The van der Waals surface area contributed by atoms with Gasteiger partial charge in [-0.25, -0.2) is 13.2 Å². The van der Waals surface area contributed by atoms with Gasteiger partial charge in [0.2, 0.25) is 10.0 Å². The van der Waals surface area contributed by atoms with Crippen LogP contribution >= 0.6 is 11.6 Å². The van der Waals surface area contributed by atoms with Gasteiger partial charge in [-0.1, -0.05) is 18.5 Å². The Bertz CT molecular complexity index is 987. The Morgan fingerprint density at radius 2 is 2.00 bits per heavy atom. The number of hydrogen-bond donors (Lipinski definition) is 2. The number of carbonyl (C=O) groups excluding carboxylic acids is 2. The third kappa shape index (κ3) is 5.47. The maximum atomic E-state index is 13.0. The van der Waals surface area contributed by atoms with Crippen LogP contribution in [-0.2, 0) is 19.6 Å². The maximum absolute atomic E-state index is 13.0. The molecule has 10 heteroatoms. The minimum Gasteiger partial charge on any atom is -0.508 e. The summed E-state index contributed by atoms with van der Waals surface area (Å²) in [6, 6.07) is 3.77. The lowest BCUT2D eigenvalue weighted by molar-refractivity contribution is -0.113. The van der Waals surface area contributed by atoms with Crippen molar-refractivity contribution in [3.8, 4) is 0 Å². The first-order chi connectivity index (χ1) is 13.9. The lowest BCUT2D eigenvalue weighted by Crippen LogP contribution is -2.39. The molecule has 1 atom stereocenters. The standard InChI is InChI=1S/C20H25ClN2O6S/c1-12-5-4-8-23(10-12)30(27,28)18-9-15(6-7-16(18)21)20(26)29-11-17(25)19(13(2)22)14(3)24/h6-7,9,12,22,25H,4-5,8,10-11H2,1-3H3/b19-17-,22-13?. The normalized spacial score (nSPS) is 18.5. The van der Waals surface area contributed by atoms with Crippen molar-refractivity contribution in [1.29, 1.82) is 5.41 Å². The number of allylic oxidation sites excluding steroid dienone is 1. The minimum absolute atomic E-state index is 0.00850. The van der Waals surface area contributed by atoms with E-state index >= 15 is 0 Å². The van der Waals surface area contributed by atoms with E-state index in [0.717, 1.165) is 18.9 Å². The molecule has 1 fully saturated rings. The van der Waals surface area contributed by atoms with E-state index in [4.69, 9.17) is 21.7 Å². The molecule has 1 heterocycles. The molecule has 30 heavy (non-hydrogen) atoms. The van der Waals surface area contributed by atoms with Crippen molar-refractivity contribution in [2.24, 2.45) is 5.92 Å². The maximum Gasteiger partial charge on any atom is 0.338 e. The highest BCUT2D eigenvalue weighted by Crippen LogP contribution is 2.29. The van der Waals surface area contributed by atoms with Gasteiger partial charge in [-0.2, -0.15) is 4.31 Å². The molecule has 0 bridgehead atoms. The van der Waals surface area contributed by atoms with Crippen LogP contribution in [0.15, 0.2) is 34.4 Å². The number of aliphatic hydroxyl groups is 1. The van der Waals surface area contributed by atoms with E-state index in [1.165, 1.54) is 30.3 Å². The fourth-order valence-electron chi connectivity index (χ4n) is 3.30. The molecular formula is C20H25ClN2O6S. The Balaban J connectivity index is 2.26. The van der Waals surface area contributed by atoms with Crippen molar-refractivity contribution in [2.45, 2.75) is 38.5 Å². The molecular weight excluding hydrogens is 432 g/mol. The number of sulfonamides is 1. The fourth-order valence-corrected chi connectivity index (χ4v) is 5.40. The van der Waals surface area contributed by atoms with E-state index < -0.39 is 34.1 Å². The number of nitrogens with one attached hydrogen (secondary N) is 1. The second kappa shape index (κ2) is 9.72. The van der Waals surface area contributed by atoms with Crippen LogP contribution in [0.4, 0.5) is 0 Å². The Labute approximate surface area is 181 Å². The average molecular weight is 457 g/mol. The summed E-state index contributed by atoms with van der Waals surface area (Å²) in [5, 5.41) is 17.5. The number of benzene rings is 1. The second-order valence-electron chi connectivity index (χ2n) is 7.33. The van der Waals surface area contributed by atoms with Crippen molar-refractivity contribution in [3.05, 3.63) is 40.1 Å². The van der Waals surface area contributed by atoms with Crippen molar-refractivity contribution >= 4 is 39.1 Å². The molecule has 0 saturated carbocycles. The molecule has 1 aliphatic heterocycles. The predicted octanol–water partition coefficient (Wildman–Crippen LogP) is 3.36. The number of ether oxygens (including phenoxy) is 1. The molecule has 0 spiro atoms. The molecule has 1 unspecified atom stereocenters. The van der Waals surface area contributed by atoms with Gasteiger partial charge in [0.1, 0.15) is 17.3 Å². The first-order valence-corrected chi connectivity index (χ1v) is 11.2. The highest BCUT2D eigenvalue weighted by Gasteiger charge is 2.31. The van der Waals surface area contributed by atoms with E-state index in [1.54, 1.807) is 0 Å². The van der Waals surface area contributed by atoms with Gasteiger partial charge < -0.3 is 15.3 Å². The quantitative estimate of drug-likeness (QED) is 0.280. The first-order valence-electron chi connectivity index (χ1n) is 9.40. The summed E-state index contributed by atoms with van der Waals surface area (Å²) in [7, 11) is -3.89. The zero-order valence-electron chi connectivity index (χ0n) is 17.1. The Kier molecular flexibility index (Phi) is 7.79. The largest absolute Gasteiger partial charge is 0.508 e. The van der Waals surface area contributed by atoms with E-state index in [0.29, 0.717) is 13.1 Å². The highest BCUT2D eigenvalue weighted by atomic mass is 35.5. The smallest absolute Gasteiger partial charge is 0.338 e. The third-order valence-electron chi connectivity index (χ3n) is 4.76. The Hall–Kier alpha value is -2.23. The number of Topliss-reactive ketones (excluding diaryl/α,β-unsaturated/α-hetero) is 1. The number of halogens is 1.